The van der Waals surface area contributed by atoms with Crippen molar-refractivity contribution in [1.82, 2.24) is 0 Å². The fraction of sp³-hybridized carbons (Fsp3) is 0.333. The van der Waals surface area contributed by atoms with E-state index in [0.29, 0.717) is 6.61 Å². The smallest absolute Gasteiger partial charge is 0.125 e. The summed E-state index contributed by atoms with van der Waals surface area (Å²) in [6, 6.07) is 11.9. The van der Waals surface area contributed by atoms with E-state index in [2.05, 4.69) is 0 Å². The van der Waals surface area contributed by atoms with E-state index in [-0.39, 0.29) is 12.7 Å². The highest BCUT2D eigenvalue weighted by Crippen LogP contribution is 2.28. The highest BCUT2D eigenvalue weighted by atomic mass is 16.5. The maximum absolute atomic E-state index is 9.55. The van der Waals surface area contributed by atoms with E-state index >= 15 is 0 Å². The van der Waals surface area contributed by atoms with Gasteiger partial charge >= 0.3 is 0 Å². The van der Waals surface area contributed by atoms with Crippen molar-refractivity contribution in [2.75, 3.05) is 13.7 Å². The number of aliphatic hydroxyl groups excluding tert-OH is 1. The standard InChI is InChI=1S/C15H18O3/c1-11(10-17-2)18-15-8-7-12-5-3-4-6-13(12)14(15)9-16/h3-8,11,16H,9-10H2,1-2H3. The maximum Gasteiger partial charge on any atom is 0.125 e. The third-order valence-electron chi connectivity index (χ3n) is 2.89. The quantitative estimate of drug-likeness (QED) is 0.881. The summed E-state index contributed by atoms with van der Waals surface area (Å²) in [5.41, 5.74) is 0.830. The Balaban J connectivity index is 2.38. The van der Waals surface area contributed by atoms with Crippen LogP contribution in [0.1, 0.15) is 12.5 Å². The normalized spacial score (nSPS) is 12.6. The number of benzene rings is 2. The minimum atomic E-state index is -0.0403. The van der Waals surface area contributed by atoms with E-state index < -0.39 is 0 Å². The first kappa shape index (κ1) is 12.9. The molecule has 2 aromatic rings. The molecule has 2 rings (SSSR count). The number of fused-ring (bicyclic) bond motifs is 1. The fourth-order valence-electron chi connectivity index (χ4n) is 2.07. The molecule has 1 atom stereocenters. The van der Waals surface area contributed by atoms with Crippen LogP contribution in [0.2, 0.25) is 0 Å². The summed E-state index contributed by atoms with van der Waals surface area (Å²) in [5.74, 6) is 0.723. The molecule has 0 amide bonds. The first-order valence-electron chi connectivity index (χ1n) is 6.03. The lowest BCUT2D eigenvalue weighted by atomic mass is 10.0. The van der Waals surface area contributed by atoms with Crippen molar-refractivity contribution in [1.29, 1.82) is 0 Å². The largest absolute Gasteiger partial charge is 0.488 e. The van der Waals surface area contributed by atoms with Gasteiger partial charge in [0.2, 0.25) is 0 Å². The second-order valence-electron chi connectivity index (χ2n) is 4.31. The predicted octanol–water partition coefficient (Wildman–Crippen LogP) is 2.75. The molecule has 2 aromatic carbocycles. The van der Waals surface area contributed by atoms with Gasteiger partial charge in [-0.2, -0.15) is 0 Å². The fourth-order valence-corrected chi connectivity index (χ4v) is 2.07. The molecule has 0 fully saturated rings. The molecule has 0 aliphatic heterocycles. The highest BCUT2D eigenvalue weighted by Gasteiger charge is 2.10. The van der Waals surface area contributed by atoms with Crippen molar-refractivity contribution in [2.24, 2.45) is 0 Å². The zero-order valence-corrected chi connectivity index (χ0v) is 10.7. The molecule has 0 bridgehead atoms. The van der Waals surface area contributed by atoms with E-state index in [0.717, 1.165) is 22.1 Å². The average Bonchev–Trinajstić information content (AvgIpc) is 2.38. The van der Waals surface area contributed by atoms with E-state index in [1.807, 2.05) is 43.3 Å². The Bertz CT molecular complexity index is 522. The van der Waals surface area contributed by atoms with E-state index in [1.54, 1.807) is 7.11 Å². The van der Waals surface area contributed by atoms with Crippen LogP contribution in [0.5, 0.6) is 5.75 Å². The van der Waals surface area contributed by atoms with Crippen LogP contribution in [0.15, 0.2) is 36.4 Å². The first-order valence-corrected chi connectivity index (χ1v) is 6.03. The van der Waals surface area contributed by atoms with E-state index in [4.69, 9.17) is 9.47 Å². The van der Waals surface area contributed by atoms with Gasteiger partial charge in [-0.1, -0.05) is 30.3 Å². The number of hydrogen-bond donors (Lipinski definition) is 1. The summed E-state index contributed by atoms with van der Waals surface area (Å²) >= 11 is 0. The van der Waals surface area contributed by atoms with Crippen LogP contribution in [-0.4, -0.2) is 24.9 Å². The molecule has 0 spiro atoms. The van der Waals surface area contributed by atoms with Gasteiger partial charge in [0.25, 0.3) is 0 Å². The molecule has 1 unspecified atom stereocenters. The number of ether oxygens (including phenoxy) is 2. The van der Waals surface area contributed by atoms with Gasteiger partial charge in [-0.3, -0.25) is 0 Å². The van der Waals surface area contributed by atoms with Crippen LogP contribution in [0, 0.1) is 0 Å². The zero-order valence-electron chi connectivity index (χ0n) is 10.7. The molecule has 3 heteroatoms. The Kier molecular flexibility index (Phi) is 4.18. The van der Waals surface area contributed by atoms with Crippen LogP contribution >= 0.6 is 0 Å². The van der Waals surface area contributed by atoms with Crippen molar-refractivity contribution in [3.8, 4) is 5.75 Å². The first-order chi connectivity index (χ1) is 8.76. The molecule has 3 nitrogen and oxygen atoms in total. The molecule has 1 N–H and O–H groups in total. The third-order valence-corrected chi connectivity index (χ3v) is 2.89. The number of aliphatic hydroxyl groups is 1. The second kappa shape index (κ2) is 5.85. The Hall–Kier alpha value is -1.58. The van der Waals surface area contributed by atoms with Crippen molar-refractivity contribution >= 4 is 10.8 Å². The van der Waals surface area contributed by atoms with Crippen molar-refractivity contribution < 1.29 is 14.6 Å². The van der Waals surface area contributed by atoms with Gasteiger partial charge in [-0.15, -0.1) is 0 Å². The number of rotatable bonds is 5. The predicted molar refractivity (Wildman–Crippen MR) is 71.8 cm³/mol. The molecule has 0 aromatic heterocycles. The lowest BCUT2D eigenvalue weighted by Crippen LogP contribution is -2.18. The van der Waals surface area contributed by atoms with Crippen LogP contribution in [0.3, 0.4) is 0 Å². The lowest BCUT2D eigenvalue weighted by molar-refractivity contribution is 0.0904. The number of hydrogen-bond acceptors (Lipinski definition) is 3. The summed E-state index contributed by atoms with van der Waals surface area (Å²) in [7, 11) is 1.65. The van der Waals surface area contributed by atoms with Gasteiger partial charge in [0.1, 0.15) is 11.9 Å². The van der Waals surface area contributed by atoms with Crippen LogP contribution in [-0.2, 0) is 11.3 Å². The average molecular weight is 246 g/mol. The summed E-state index contributed by atoms with van der Waals surface area (Å²) < 4.78 is 10.8. The number of methoxy groups -OCH3 is 1. The molecule has 18 heavy (non-hydrogen) atoms. The minimum Gasteiger partial charge on any atom is -0.488 e. The highest BCUT2D eigenvalue weighted by molar-refractivity contribution is 5.87. The molecule has 0 saturated carbocycles. The van der Waals surface area contributed by atoms with Crippen molar-refractivity contribution in [3.05, 3.63) is 42.0 Å². The van der Waals surface area contributed by atoms with Gasteiger partial charge < -0.3 is 14.6 Å². The van der Waals surface area contributed by atoms with Crippen LogP contribution in [0.4, 0.5) is 0 Å². The van der Waals surface area contributed by atoms with Gasteiger partial charge in [-0.25, -0.2) is 0 Å². The minimum absolute atomic E-state index is 0.0314. The molecule has 0 radical (unpaired) electrons. The van der Waals surface area contributed by atoms with Gasteiger partial charge in [-0.05, 0) is 23.8 Å². The topological polar surface area (TPSA) is 38.7 Å². The van der Waals surface area contributed by atoms with Crippen molar-refractivity contribution in [3.63, 3.8) is 0 Å². The second-order valence-corrected chi connectivity index (χ2v) is 4.31. The molecular formula is C15H18O3. The zero-order chi connectivity index (χ0) is 13.0. The maximum atomic E-state index is 9.55. The Labute approximate surface area is 107 Å². The Morgan fingerprint density at radius 1 is 1.17 bits per heavy atom. The van der Waals surface area contributed by atoms with Crippen molar-refractivity contribution in [2.45, 2.75) is 19.6 Å². The monoisotopic (exact) mass is 246 g/mol. The van der Waals surface area contributed by atoms with Gasteiger partial charge in [0.05, 0.1) is 13.2 Å². The summed E-state index contributed by atoms with van der Waals surface area (Å²) in [5, 5.41) is 11.7. The molecule has 0 aliphatic rings. The van der Waals surface area contributed by atoms with Crippen LogP contribution in [0.25, 0.3) is 10.8 Å². The van der Waals surface area contributed by atoms with Crippen LogP contribution < -0.4 is 4.74 Å². The van der Waals surface area contributed by atoms with Gasteiger partial charge in [0, 0.05) is 12.7 Å². The SMILES string of the molecule is COCC(C)Oc1ccc2ccccc2c1CO. The van der Waals surface area contributed by atoms with Gasteiger partial charge in [0.15, 0.2) is 0 Å². The Morgan fingerprint density at radius 2 is 1.94 bits per heavy atom. The molecule has 96 valence electrons. The Morgan fingerprint density at radius 3 is 2.67 bits per heavy atom. The summed E-state index contributed by atoms with van der Waals surface area (Å²) in [6.45, 7) is 2.44. The lowest BCUT2D eigenvalue weighted by Gasteiger charge is -2.17. The molecule has 0 aliphatic carbocycles. The van der Waals surface area contributed by atoms with E-state index in [9.17, 15) is 5.11 Å². The molecule has 0 heterocycles. The summed E-state index contributed by atoms with van der Waals surface area (Å²) in [6.07, 6.45) is -0.0403. The molecule has 0 saturated heterocycles. The third kappa shape index (κ3) is 2.63. The summed E-state index contributed by atoms with van der Waals surface area (Å²) in [4.78, 5) is 0. The molecular weight excluding hydrogens is 228 g/mol. The van der Waals surface area contributed by atoms with E-state index in [1.165, 1.54) is 0 Å².